The van der Waals surface area contributed by atoms with Crippen LogP contribution in [0.1, 0.15) is 67.9 Å². The van der Waals surface area contributed by atoms with E-state index in [0.29, 0.717) is 40.2 Å². The second kappa shape index (κ2) is 22.9. The zero-order valence-electron chi connectivity index (χ0n) is 31.8. The molecular weight excluding hydrogens is 747 g/mol. The van der Waals surface area contributed by atoms with Gasteiger partial charge in [-0.2, -0.15) is 0 Å². The van der Waals surface area contributed by atoms with Crippen molar-refractivity contribution in [1.82, 2.24) is 15.3 Å². The van der Waals surface area contributed by atoms with Gasteiger partial charge in [-0.05, 0) is 72.7 Å². The highest BCUT2D eigenvalue weighted by Gasteiger charge is 2.31. The maximum atomic E-state index is 14.3. The molecule has 0 aliphatic carbocycles. The molecule has 1 heterocycles. The molecule has 310 valence electrons. The van der Waals surface area contributed by atoms with Crippen molar-refractivity contribution in [1.29, 1.82) is 0 Å². The average molecular weight is 799 g/mol. The first-order valence-corrected chi connectivity index (χ1v) is 18.5. The Morgan fingerprint density at radius 3 is 2.11 bits per heavy atom. The second-order valence-electron chi connectivity index (χ2n) is 13.5. The van der Waals surface area contributed by atoms with Gasteiger partial charge in [-0.3, -0.25) is 35.3 Å². The van der Waals surface area contributed by atoms with E-state index in [1.807, 2.05) is 66.9 Å². The number of esters is 1. The highest BCUT2D eigenvalue weighted by molar-refractivity contribution is 6.12. The lowest BCUT2D eigenvalue weighted by Crippen LogP contribution is -2.31. The number of carbonyl (C=O) groups is 2. The lowest BCUT2D eigenvalue weighted by molar-refractivity contribution is -0.506. The lowest BCUT2D eigenvalue weighted by Gasteiger charge is -2.21. The van der Waals surface area contributed by atoms with Gasteiger partial charge in [-0.15, -0.1) is 0 Å². The molecule has 0 spiro atoms. The van der Waals surface area contributed by atoms with E-state index in [4.69, 9.17) is 35.1 Å². The largest absolute Gasteiger partial charge is 0.463 e. The standard InChI is InChI=1S/C40H51FN4O12/c1-27(2)38-37(40(49)42-31-12-7-4-8-13-31)36(28-10-5-3-6-11-28)39(29-14-16-30(41)17-15-29)43(38)20-18-32(46)24-33(47)25-35(48)55-26-34(57-45(52)53)19-23-54-21-9-22-56-44(50)51/h3-8,10-17,27,32-34,46-47,50-53H,9,18-26H2,1-2H3,(H,42,49). The third-order valence-corrected chi connectivity index (χ3v) is 8.82. The van der Waals surface area contributed by atoms with Crippen LogP contribution in [0.15, 0.2) is 84.9 Å². The summed E-state index contributed by atoms with van der Waals surface area (Å²) in [4.78, 5) is 36.1. The Kier molecular flexibility index (Phi) is 18.1. The number of rotatable bonds is 24. The van der Waals surface area contributed by atoms with Gasteiger partial charge in [-0.1, -0.05) is 62.4 Å². The average Bonchev–Trinajstić information content (AvgIpc) is 3.52. The third kappa shape index (κ3) is 14.4. The van der Waals surface area contributed by atoms with E-state index in [2.05, 4.69) is 10.2 Å². The predicted octanol–water partition coefficient (Wildman–Crippen LogP) is 5.96. The molecule has 4 aromatic rings. The van der Waals surface area contributed by atoms with Crippen LogP contribution in [0.25, 0.3) is 22.4 Å². The minimum absolute atomic E-state index is 0.0327. The Hall–Kier alpha value is -4.63. The Balaban J connectivity index is 1.48. The molecule has 0 aliphatic heterocycles. The number of nitrogens with zero attached hydrogens (tertiary/aromatic N) is 3. The fourth-order valence-corrected chi connectivity index (χ4v) is 6.36. The molecule has 3 aromatic carbocycles. The lowest BCUT2D eigenvalue weighted by atomic mass is 9.94. The molecule has 0 saturated carbocycles. The zero-order chi connectivity index (χ0) is 41.3. The van der Waals surface area contributed by atoms with Gasteiger partial charge in [0, 0.05) is 43.1 Å². The van der Waals surface area contributed by atoms with Gasteiger partial charge in [0.15, 0.2) is 0 Å². The van der Waals surface area contributed by atoms with Crippen molar-refractivity contribution in [3.8, 4) is 22.4 Å². The quantitative estimate of drug-likeness (QED) is 0.0247. The summed E-state index contributed by atoms with van der Waals surface area (Å²) in [6.45, 7) is 3.91. The second-order valence-corrected chi connectivity index (χ2v) is 13.5. The summed E-state index contributed by atoms with van der Waals surface area (Å²) >= 11 is 0. The van der Waals surface area contributed by atoms with Crippen LogP contribution in [0, 0.1) is 5.82 Å². The number of anilines is 1. The van der Waals surface area contributed by atoms with Crippen molar-refractivity contribution in [2.24, 2.45) is 0 Å². The van der Waals surface area contributed by atoms with Gasteiger partial charge in [0.05, 0.1) is 47.3 Å². The summed E-state index contributed by atoms with van der Waals surface area (Å²) < 4.78 is 26.7. The molecule has 3 atom stereocenters. The van der Waals surface area contributed by atoms with E-state index >= 15 is 0 Å². The molecule has 0 fully saturated rings. The molecule has 4 rings (SSSR count). The third-order valence-electron chi connectivity index (χ3n) is 8.82. The molecule has 0 radical (unpaired) electrons. The van der Waals surface area contributed by atoms with Crippen LogP contribution in [-0.4, -0.2) is 103 Å². The highest BCUT2D eigenvalue weighted by atomic mass is 19.1. The Bertz CT molecular complexity index is 1810. The van der Waals surface area contributed by atoms with Gasteiger partial charge in [0.25, 0.3) is 5.91 Å². The van der Waals surface area contributed by atoms with E-state index in [-0.39, 0.29) is 57.5 Å². The molecule has 0 bridgehead atoms. The first-order chi connectivity index (χ1) is 27.3. The SMILES string of the molecule is CC(C)c1c(C(=O)Nc2ccccc2)c(-c2ccccc2)c(-c2ccc(F)cc2)n1CCC(O)CC(O)CC(=O)OCC(CCOCCCON(O)O)ON(O)O. The normalized spacial score (nSPS) is 13.3. The minimum Gasteiger partial charge on any atom is -0.463 e. The molecule has 1 amide bonds. The number of nitrogens with one attached hydrogen (secondary N) is 1. The summed E-state index contributed by atoms with van der Waals surface area (Å²) in [6, 6.07) is 24.5. The molecule has 57 heavy (non-hydrogen) atoms. The number of hydrogen-bond acceptors (Lipinski definition) is 14. The van der Waals surface area contributed by atoms with Crippen LogP contribution in [0.3, 0.4) is 0 Å². The topological polar surface area (TPSA) is 216 Å². The van der Waals surface area contributed by atoms with Crippen molar-refractivity contribution in [3.63, 3.8) is 0 Å². The summed E-state index contributed by atoms with van der Waals surface area (Å²) in [5.41, 5.74) is 4.44. The maximum absolute atomic E-state index is 14.3. The van der Waals surface area contributed by atoms with Crippen molar-refractivity contribution in [2.45, 2.75) is 76.7 Å². The van der Waals surface area contributed by atoms with Crippen LogP contribution in [0.4, 0.5) is 10.1 Å². The number of amides is 1. The van der Waals surface area contributed by atoms with Crippen molar-refractivity contribution >= 4 is 17.6 Å². The van der Waals surface area contributed by atoms with Gasteiger partial charge in [0.1, 0.15) is 18.5 Å². The van der Waals surface area contributed by atoms with Gasteiger partial charge >= 0.3 is 5.97 Å². The number of aliphatic hydroxyl groups excluding tert-OH is 2. The summed E-state index contributed by atoms with van der Waals surface area (Å²) in [5, 5.41) is 59.2. The zero-order valence-corrected chi connectivity index (χ0v) is 31.8. The van der Waals surface area contributed by atoms with Crippen LogP contribution >= 0.6 is 0 Å². The number of carbonyl (C=O) groups excluding carboxylic acids is 2. The first-order valence-electron chi connectivity index (χ1n) is 18.5. The number of benzene rings is 3. The van der Waals surface area contributed by atoms with E-state index < -0.39 is 53.9 Å². The number of para-hydroxylation sites is 1. The molecule has 0 saturated heterocycles. The smallest absolute Gasteiger partial charge is 0.308 e. The minimum atomic E-state index is -1.30. The molecule has 3 unspecified atom stereocenters. The van der Waals surface area contributed by atoms with E-state index in [1.165, 1.54) is 12.1 Å². The monoisotopic (exact) mass is 798 g/mol. The number of halogens is 1. The van der Waals surface area contributed by atoms with Crippen LogP contribution < -0.4 is 5.32 Å². The Morgan fingerprint density at radius 1 is 0.807 bits per heavy atom. The number of ether oxygens (including phenoxy) is 2. The molecule has 1 aromatic heterocycles. The number of aromatic nitrogens is 1. The molecule has 16 nitrogen and oxygen atoms in total. The summed E-state index contributed by atoms with van der Waals surface area (Å²) in [7, 11) is 0. The Labute approximate surface area is 329 Å². The van der Waals surface area contributed by atoms with Crippen LogP contribution in [0.5, 0.6) is 0 Å². The van der Waals surface area contributed by atoms with Gasteiger partial charge < -0.3 is 29.6 Å². The predicted molar refractivity (Wildman–Crippen MR) is 202 cm³/mol. The fourth-order valence-electron chi connectivity index (χ4n) is 6.36. The van der Waals surface area contributed by atoms with Crippen molar-refractivity contribution in [3.05, 3.63) is 102 Å². The number of aliphatic hydroxyl groups is 2. The van der Waals surface area contributed by atoms with Crippen molar-refractivity contribution in [2.75, 3.05) is 31.7 Å². The van der Waals surface area contributed by atoms with Gasteiger partial charge in [-0.25, -0.2) is 9.23 Å². The molecule has 0 aliphatic rings. The van der Waals surface area contributed by atoms with E-state index in [0.717, 1.165) is 5.56 Å². The molecular formula is C40H51FN4O12. The molecule has 17 heteroatoms. The summed E-state index contributed by atoms with van der Waals surface area (Å²) in [6.07, 6.45) is -3.57. The van der Waals surface area contributed by atoms with Crippen molar-refractivity contribution < 1.29 is 64.2 Å². The molecule has 7 N–H and O–H groups in total. The highest BCUT2D eigenvalue weighted by Crippen LogP contribution is 2.42. The first kappa shape index (κ1) is 45.1. The van der Waals surface area contributed by atoms with E-state index in [1.54, 1.807) is 24.3 Å². The van der Waals surface area contributed by atoms with Crippen LogP contribution in [0.2, 0.25) is 0 Å². The summed E-state index contributed by atoms with van der Waals surface area (Å²) in [5.74, 6) is -1.77. The fraction of sp³-hybridized carbons (Fsp3) is 0.400. The van der Waals surface area contributed by atoms with Crippen LogP contribution in [-0.2, 0) is 30.5 Å². The maximum Gasteiger partial charge on any atom is 0.308 e. The number of hydrogen-bond donors (Lipinski definition) is 7. The Morgan fingerprint density at radius 2 is 1.47 bits per heavy atom. The van der Waals surface area contributed by atoms with Gasteiger partial charge in [0.2, 0.25) is 0 Å². The van der Waals surface area contributed by atoms with E-state index in [9.17, 15) is 24.2 Å².